The van der Waals surface area contributed by atoms with Crippen molar-refractivity contribution < 1.29 is 23.5 Å². The molecule has 1 amide bonds. The van der Waals surface area contributed by atoms with Crippen molar-refractivity contribution in [3.05, 3.63) is 35.4 Å². The van der Waals surface area contributed by atoms with E-state index in [1.807, 2.05) is 0 Å². The van der Waals surface area contributed by atoms with E-state index in [4.69, 9.17) is 5.11 Å². The van der Waals surface area contributed by atoms with Gasteiger partial charge in [0.25, 0.3) is 0 Å². The second-order valence-electron chi connectivity index (χ2n) is 6.84. The second kappa shape index (κ2) is 6.87. The van der Waals surface area contributed by atoms with Gasteiger partial charge in [0.15, 0.2) is 0 Å². The summed E-state index contributed by atoms with van der Waals surface area (Å²) in [5, 5.41) is 8.78. The van der Waals surface area contributed by atoms with Crippen LogP contribution in [0.5, 0.6) is 0 Å². The molecule has 130 valence electrons. The van der Waals surface area contributed by atoms with E-state index in [1.165, 1.54) is 12.1 Å². The van der Waals surface area contributed by atoms with E-state index in [0.717, 1.165) is 18.9 Å². The lowest BCUT2D eigenvalue weighted by molar-refractivity contribution is -0.137. The van der Waals surface area contributed by atoms with Crippen LogP contribution in [0.1, 0.15) is 43.6 Å². The summed E-state index contributed by atoms with van der Waals surface area (Å²) < 4.78 is 26.8. The minimum absolute atomic E-state index is 0.0174. The topological polar surface area (TPSA) is 57.6 Å². The number of halogens is 2. The number of nitrogens with zero attached hydrogens (tertiary/aromatic N) is 1. The molecule has 0 unspecified atom stereocenters. The number of likely N-dealkylation sites (tertiary alicyclic amines) is 1. The maximum absolute atomic E-state index is 13.8. The van der Waals surface area contributed by atoms with Crippen LogP contribution in [0, 0.1) is 23.5 Å². The molecule has 1 N–H and O–H groups in total. The Balaban J connectivity index is 1.58. The van der Waals surface area contributed by atoms with Gasteiger partial charge in [-0.3, -0.25) is 9.59 Å². The average molecular weight is 337 g/mol. The summed E-state index contributed by atoms with van der Waals surface area (Å²) in [6.45, 7) is 1.26. The van der Waals surface area contributed by atoms with E-state index in [2.05, 4.69) is 0 Å². The number of carboxylic acids is 1. The van der Waals surface area contributed by atoms with E-state index in [1.54, 1.807) is 4.90 Å². The highest BCUT2D eigenvalue weighted by molar-refractivity contribution is 5.83. The predicted molar refractivity (Wildman–Crippen MR) is 83.4 cm³/mol. The Morgan fingerprint density at radius 3 is 2.79 bits per heavy atom. The van der Waals surface area contributed by atoms with Gasteiger partial charge in [-0.05, 0) is 49.1 Å². The smallest absolute Gasteiger partial charge is 0.303 e. The Bertz CT molecular complexity index is 649. The second-order valence-corrected chi connectivity index (χ2v) is 6.84. The molecule has 1 aliphatic carbocycles. The molecule has 24 heavy (non-hydrogen) atoms. The first-order chi connectivity index (χ1) is 11.5. The molecule has 0 aromatic heterocycles. The van der Waals surface area contributed by atoms with Crippen LogP contribution in [0.25, 0.3) is 0 Å². The molecule has 0 bridgehead atoms. The van der Waals surface area contributed by atoms with Gasteiger partial charge in [0, 0.05) is 31.5 Å². The molecule has 0 radical (unpaired) electrons. The van der Waals surface area contributed by atoms with Crippen molar-refractivity contribution >= 4 is 11.9 Å². The molecule has 0 spiro atoms. The monoisotopic (exact) mass is 337 g/mol. The number of hydrogen-bond acceptors (Lipinski definition) is 2. The highest BCUT2D eigenvalue weighted by Crippen LogP contribution is 2.49. The van der Waals surface area contributed by atoms with E-state index in [9.17, 15) is 18.4 Å². The summed E-state index contributed by atoms with van der Waals surface area (Å²) in [6.07, 6.45) is 3.12. The molecule has 3 atom stereocenters. The highest BCUT2D eigenvalue weighted by Gasteiger charge is 2.47. The van der Waals surface area contributed by atoms with E-state index < -0.39 is 17.6 Å². The standard InChI is InChI=1S/C18H21F2NO3/c19-12-4-5-13(16(20)8-12)14-9-15(14)18(24)21-7-1-2-11(10-21)3-6-17(22)23/h4-5,8,11,14-15H,1-3,6-7,9-10H2,(H,22,23)/t11-,14+,15+/m0/s1. The summed E-state index contributed by atoms with van der Waals surface area (Å²) in [5.41, 5.74) is 0.411. The van der Waals surface area contributed by atoms with Crippen molar-refractivity contribution in [2.24, 2.45) is 11.8 Å². The molecule has 3 rings (SSSR count). The van der Waals surface area contributed by atoms with Crippen molar-refractivity contribution in [2.75, 3.05) is 13.1 Å². The number of amides is 1. The maximum Gasteiger partial charge on any atom is 0.303 e. The minimum atomic E-state index is -0.813. The third-order valence-corrected chi connectivity index (χ3v) is 5.07. The lowest BCUT2D eigenvalue weighted by Crippen LogP contribution is -2.41. The Hall–Kier alpha value is -1.98. The SMILES string of the molecule is O=C(O)CC[C@@H]1CCCN(C(=O)[C@@H]2C[C@@H]2c2ccc(F)cc2F)C1. The number of carbonyl (C=O) groups is 2. The first kappa shape index (κ1) is 16.9. The molecular weight excluding hydrogens is 316 g/mol. The van der Waals surface area contributed by atoms with Crippen LogP contribution < -0.4 is 0 Å². The van der Waals surface area contributed by atoms with Gasteiger partial charge in [0.05, 0.1) is 0 Å². The Morgan fingerprint density at radius 1 is 1.29 bits per heavy atom. The predicted octanol–water partition coefficient (Wildman–Crippen LogP) is 3.17. The molecule has 2 aliphatic rings. The number of rotatable bonds is 5. The van der Waals surface area contributed by atoms with Crippen molar-refractivity contribution in [3.8, 4) is 0 Å². The molecule has 4 nitrogen and oxygen atoms in total. The summed E-state index contributed by atoms with van der Waals surface area (Å²) in [7, 11) is 0. The van der Waals surface area contributed by atoms with Crippen molar-refractivity contribution in [1.29, 1.82) is 0 Å². The Kier molecular flexibility index (Phi) is 4.83. The minimum Gasteiger partial charge on any atom is -0.481 e. The summed E-state index contributed by atoms with van der Waals surface area (Å²) >= 11 is 0. The fraction of sp³-hybridized carbons (Fsp3) is 0.556. The van der Waals surface area contributed by atoms with Crippen LogP contribution >= 0.6 is 0 Å². The van der Waals surface area contributed by atoms with Crippen LogP contribution in [-0.2, 0) is 9.59 Å². The van der Waals surface area contributed by atoms with Crippen LogP contribution in [0.4, 0.5) is 8.78 Å². The molecule has 1 aliphatic heterocycles. The summed E-state index contributed by atoms with van der Waals surface area (Å²) in [5.74, 6) is -2.18. The van der Waals surface area contributed by atoms with Gasteiger partial charge in [0.1, 0.15) is 11.6 Å². The number of aliphatic carboxylic acids is 1. The normalized spacial score (nSPS) is 26.2. The van der Waals surface area contributed by atoms with Gasteiger partial charge in [-0.2, -0.15) is 0 Å². The van der Waals surface area contributed by atoms with Crippen LogP contribution in [0.2, 0.25) is 0 Å². The summed E-state index contributed by atoms with van der Waals surface area (Å²) in [4.78, 5) is 25.1. The molecule has 1 saturated heterocycles. The van der Waals surface area contributed by atoms with Crippen molar-refractivity contribution in [3.63, 3.8) is 0 Å². The fourth-order valence-corrected chi connectivity index (χ4v) is 3.68. The molecule has 6 heteroatoms. The zero-order valence-electron chi connectivity index (χ0n) is 13.4. The fourth-order valence-electron chi connectivity index (χ4n) is 3.68. The van der Waals surface area contributed by atoms with Gasteiger partial charge in [-0.15, -0.1) is 0 Å². The van der Waals surface area contributed by atoms with Crippen molar-refractivity contribution in [1.82, 2.24) is 4.90 Å². The third-order valence-electron chi connectivity index (χ3n) is 5.07. The van der Waals surface area contributed by atoms with E-state index in [0.29, 0.717) is 31.5 Å². The number of benzene rings is 1. The number of carbonyl (C=O) groups excluding carboxylic acids is 1. The molecule has 2 fully saturated rings. The molecule has 1 heterocycles. The van der Waals surface area contributed by atoms with E-state index in [-0.39, 0.29) is 30.1 Å². The van der Waals surface area contributed by atoms with Gasteiger partial charge >= 0.3 is 5.97 Å². The largest absolute Gasteiger partial charge is 0.481 e. The van der Waals surface area contributed by atoms with Gasteiger partial charge in [0.2, 0.25) is 5.91 Å². The molecule has 1 saturated carbocycles. The Labute approximate surface area is 139 Å². The van der Waals surface area contributed by atoms with Gasteiger partial charge in [-0.25, -0.2) is 8.78 Å². The molecule has 1 aromatic carbocycles. The van der Waals surface area contributed by atoms with E-state index >= 15 is 0 Å². The van der Waals surface area contributed by atoms with Gasteiger partial charge < -0.3 is 10.0 Å². The molecular formula is C18H21F2NO3. The number of carboxylic acid groups (broad SMARTS) is 1. The maximum atomic E-state index is 13.8. The first-order valence-corrected chi connectivity index (χ1v) is 8.41. The van der Waals surface area contributed by atoms with Crippen molar-refractivity contribution in [2.45, 2.75) is 38.0 Å². The quantitative estimate of drug-likeness (QED) is 0.898. The van der Waals surface area contributed by atoms with Gasteiger partial charge in [-0.1, -0.05) is 6.07 Å². The lowest BCUT2D eigenvalue weighted by atomic mass is 9.93. The average Bonchev–Trinajstić information content (AvgIpc) is 3.33. The number of hydrogen-bond donors (Lipinski definition) is 1. The third kappa shape index (κ3) is 3.74. The van der Waals surface area contributed by atoms with Crippen LogP contribution in [-0.4, -0.2) is 35.0 Å². The lowest BCUT2D eigenvalue weighted by Gasteiger charge is -2.33. The van der Waals surface area contributed by atoms with Crippen LogP contribution in [0.15, 0.2) is 18.2 Å². The van der Waals surface area contributed by atoms with Crippen LogP contribution in [0.3, 0.4) is 0 Å². The highest BCUT2D eigenvalue weighted by atomic mass is 19.1. The number of piperidine rings is 1. The zero-order chi connectivity index (χ0) is 17.3. The molecule has 1 aromatic rings. The first-order valence-electron chi connectivity index (χ1n) is 8.41. The Morgan fingerprint density at radius 2 is 2.08 bits per heavy atom. The zero-order valence-corrected chi connectivity index (χ0v) is 13.4. The summed E-state index contributed by atoms with van der Waals surface area (Å²) in [6, 6.07) is 3.51.